The number of benzene rings is 3. The molecule has 43 heavy (non-hydrogen) atoms. The van der Waals surface area contributed by atoms with Crippen LogP contribution in [-0.4, -0.2) is 20.9 Å². The Hall–Kier alpha value is -2.88. The van der Waals surface area contributed by atoms with E-state index in [1.807, 2.05) is 33.8 Å². The van der Waals surface area contributed by atoms with E-state index >= 15 is 0 Å². The van der Waals surface area contributed by atoms with Crippen molar-refractivity contribution in [1.82, 2.24) is 9.97 Å². The largest absolute Gasteiger partial charge is 0.512 e. The third kappa shape index (κ3) is 7.10. The molecule has 5 rings (SSSR count). The first kappa shape index (κ1) is 34.6. The molecule has 231 valence electrons. The molecule has 5 heteroatoms. The molecule has 0 spiro atoms. The maximum atomic E-state index is 11.7. The van der Waals surface area contributed by atoms with Crippen molar-refractivity contribution in [2.45, 2.75) is 92.9 Å². The number of carbonyl (C=O) groups is 1. The van der Waals surface area contributed by atoms with Crippen molar-refractivity contribution in [2.24, 2.45) is 17.8 Å². The fraction of sp³-hybridized carbons (Fsp3) is 0.447. The summed E-state index contributed by atoms with van der Waals surface area (Å²) in [6.45, 7) is 17.1. The van der Waals surface area contributed by atoms with Gasteiger partial charge in [-0.1, -0.05) is 96.7 Å². The summed E-state index contributed by atoms with van der Waals surface area (Å²) in [6, 6.07) is 20.5. The van der Waals surface area contributed by atoms with Crippen LogP contribution in [0.2, 0.25) is 0 Å². The average Bonchev–Trinajstić information content (AvgIpc) is 2.97. The molecule has 4 nitrogen and oxygen atoms in total. The summed E-state index contributed by atoms with van der Waals surface area (Å²) in [5.41, 5.74) is 7.57. The van der Waals surface area contributed by atoms with E-state index in [9.17, 15) is 9.90 Å². The SMILES string of the molecule is CC(C)Cc1cccc2nc3c(nc12)C(C)(C)c1cccc2cc[c-]c-3c12.CCC(CC)C(=O)/C=C(\O)C(CC)CC.[Ir]. The van der Waals surface area contributed by atoms with Crippen LogP contribution in [0.15, 0.2) is 60.4 Å². The zero-order valence-corrected chi connectivity index (χ0v) is 29.4. The molecule has 0 fully saturated rings. The van der Waals surface area contributed by atoms with E-state index in [1.54, 1.807) is 0 Å². The molecular weight excluding hydrogens is 709 g/mol. The van der Waals surface area contributed by atoms with Crippen molar-refractivity contribution in [1.29, 1.82) is 0 Å². The monoisotopic (exact) mass is 756 g/mol. The van der Waals surface area contributed by atoms with E-state index in [1.165, 1.54) is 28.0 Å². The van der Waals surface area contributed by atoms with Gasteiger partial charge in [0, 0.05) is 54.8 Å². The van der Waals surface area contributed by atoms with Gasteiger partial charge in [0.15, 0.2) is 5.78 Å². The predicted molar refractivity (Wildman–Crippen MR) is 176 cm³/mol. The fourth-order valence-electron chi connectivity index (χ4n) is 6.24. The molecule has 1 heterocycles. The molecule has 1 radical (unpaired) electrons. The summed E-state index contributed by atoms with van der Waals surface area (Å²) in [5, 5.41) is 12.3. The number of ketones is 1. The van der Waals surface area contributed by atoms with Gasteiger partial charge >= 0.3 is 0 Å². The summed E-state index contributed by atoms with van der Waals surface area (Å²) >= 11 is 0. The Morgan fingerprint density at radius 3 is 2.21 bits per heavy atom. The van der Waals surface area contributed by atoms with Crippen LogP contribution in [0.1, 0.15) is 97.9 Å². The maximum Gasteiger partial charge on any atom is 0.162 e. The molecule has 0 saturated heterocycles. The van der Waals surface area contributed by atoms with Gasteiger partial charge in [0.25, 0.3) is 0 Å². The van der Waals surface area contributed by atoms with Crippen LogP contribution in [0.5, 0.6) is 0 Å². The smallest absolute Gasteiger partial charge is 0.162 e. The van der Waals surface area contributed by atoms with E-state index in [0.717, 1.165) is 60.1 Å². The molecule has 1 N–H and O–H groups in total. The van der Waals surface area contributed by atoms with Gasteiger partial charge in [0.2, 0.25) is 0 Å². The van der Waals surface area contributed by atoms with Gasteiger partial charge in [-0.25, -0.2) is 0 Å². The molecule has 0 aliphatic heterocycles. The van der Waals surface area contributed by atoms with Crippen LogP contribution in [0, 0.1) is 23.8 Å². The van der Waals surface area contributed by atoms with Crippen LogP contribution >= 0.6 is 0 Å². The molecule has 0 atom stereocenters. The van der Waals surface area contributed by atoms with Gasteiger partial charge in [-0.15, -0.1) is 29.1 Å². The van der Waals surface area contributed by atoms with Gasteiger partial charge in [0.1, 0.15) is 0 Å². The Labute approximate surface area is 271 Å². The Morgan fingerprint density at radius 2 is 1.58 bits per heavy atom. The molecular formula is C38H47IrN2O2-. The molecule has 3 aromatic carbocycles. The minimum atomic E-state index is -0.191. The van der Waals surface area contributed by atoms with Crippen molar-refractivity contribution < 1.29 is 30.0 Å². The van der Waals surface area contributed by atoms with Crippen LogP contribution in [-0.2, 0) is 36.7 Å². The second-order valence-corrected chi connectivity index (χ2v) is 12.5. The number of allylic oxidation sites excluding steroid dienone is 2. The van der Waals surface area contributed by atoms with Gasteiger partial charge in [0.05, 0.1) is 16.8 Å². The van der Waals surface area contributed by atoms with Gasteiger partial charge in [-0.3, -0.25) is 14.8 Å². The molecule has 0 bridgehead atoms. The second-order valence-electron chi connectivity index (χ2n) is 12.5. The Balaban J connectivity index is 0.000000274. The molecule has 1 aromatic heterocycles. The number of hydrogen-bond acceptors (Lipinski definition) is 4. The standard InChI is InChI=1S/C25H23N2.C13H24O2.Ir/c1-15(2)14-17-10-7-13-20-22(17)27-24-23(26-20)18-11-5-8-16-9-6-12-19(21(16)18)25(24,3)4;1-5-10(6-2)12(14)9-13(15)11(7-3)8-4;/h5-10,12-13,15H,14H2,1-4H3;9-11,14H,5-8H2,1-4H3;/q-1;;/b;12-9-;. The average molecular weight is 756 g/mol. The summed E-state index contributed by atoms with van der Waals surface area (Å²) in [6.07, 6.45) is 5.92. The normalized spacial score (nSPS) is 13.6. The van der Waals surface area contributed by atoms with Crippen molar-refractivity contribution in [3.8, 4) is 11.3 Å². The molecule has 0 saturated carbocycles. The molecule has 1 aliphatic rings. The molecule has 0 amide bonds. The first-order valence-electron chi connectivity index (χ1n) is 15.8. The van der Waals surface area contributed by atoms with Crippen molar-refractivity contribution in [2.75, 3.05) is 0 Å². The molecule has 1 aliphatic carbocycles. The van der Waals surface area contributed by atoms with Crippen LogP contribution in [0.25, 0.3) is 33.1 Å². The number of aliphatic hydroxyl groups excluding tert-OH is 1. The number of hydrogen-bond donors (Lipinski definition) is 1. The maximum absolute atomic E-state index is 11.7. The van der Waals surface area contributed by atoms with E-state index in [-0.39, 0.29) is 48.9 Å². The fourth-order valence-corrected chi connectivity index (χ4v) is 6.24. The zero-order chi connectivity index (χ0) is 30.6. The first-order chi connectivity index (χ1) is 20.1. The summed E-state index contributed by atoms with van der Waals surface area (Å²) in [5.74, 6) is 1.13. The third-order valence-corrected chi connectivity index (χ3v) is 8.83. The first-order valence-corrected chi connectivity index (χ1v) is 15.8. The molecule has 4 aromatic rings. The Morgan fingerprint density at radius 1 is 0.930 bits per heavy atom. The topological polar surface area (TPSA) is 63.1 Å². The minimum absolute atomic E-state index is 0. The van der Waals surface area contributed by atoms with Crippen molar-refractivity contribution in [3.63, 3.8) is 0 Å². The van der Waals surface area contributed by atoms with E-state index < -0.39 is 0 Å². The van der Waals surface area contributed by atoms with Crippen LogP contribution in [0.4, 0.5) is 0 Å². The molecule has 0 unspecified atom stereocenters. The number of carbonyl (C=O) groups excluding carboxylic acids is 1. The second kappa shape index (κ2) is 14.7. The van der Waals surface area contributed by atoms with Crippen molar-refractivity contribution >= 4 is 27.6 Å². The third-order valence-electron chi connectivity index (χ3n) is 8.83. The summed E-state index contributed by atoms with van der Waals surface area (Å²) in [4.78, 5) is 22.1. The number of para-hydroxylation sites is 1. The van der Waals surface area contributed by atoms with Gasteiger partial charge in [-0.05, 0) is 49.7 Å². The minimum Gasteiger partial charge on any atom is -0.512 e. The number of fused-ring (bicyclic) bond motifs is 3. The van der Waals surface area contributed by atoms with Crippen molar-refractivity contribution in [3.05, 3.63) is 83.3 Å². The number of aromatic nitrogens is 2. The van der Waals surface area contributed by atoms with E-state index in [2.05, 4.69) is 76.2 Å². The van der Waals surface area contributed by atoms with Gasteiger partial charge in [-0.2, -0.15) is 0 Å². The number of aliphatic hydroxyl groups is 1. The Bertz CT molecular complexity index is 1590. The van der Waals surface area contributed by atoms with E-state index in [4.69, 9.17) is 9.97 Å². The number of rotatable bonds is 9. The Kier molecular flexibility index (Phi) is 11.9. The van der Waals surface area contributed by atoms with Gasteiger partial charge < -0.3 is 5.11 Å². The predicted octanol–water partition coefficient (Wildman–Crippen LogP) is 9.96. The van der Waals surface area contributed by atoms with Crippen LogP contribution < -0.4 is 0 Å². The van der Waals surface area contributed by atoms with Crippen LogP contribution in [0.3, 0.4) is 0 Å². The number of nitrogens with zero attached hydrogens (tertiary/aromatic N) is 2. The van der Waals surface area contributed by atoms with E-state index in [0.29, 0.717) is 5.92 Å². The summed E-state index contributed by atoms with van der Waals surface area (Å²) < 4.78 is 0. The zero-order valence-electron chi connectivity index (χ0n) is 27.0. The summed E-state index contributed by atoms with van der Waals surface area (Å²) in [7, 11) is 0. The quantitative estimate of drug-likeness (QED) is 0.105.